The maximum Gasteiger partial charge on any atom is 0.435 e. The molecule has 3 nitrogen and oxygen atoms in total. The monoisotopic (exact) mass is 296 g/mol. The lowest BCUT2D eigenvalue weighted by Gasteiger charge is -2.14. The molecule has 1 aliphatic carbocycles. The van der Waals surface area contributed by atoms with Gasteiger partial charge in [-0.15, -0.1) is 0 Å². The van der Waals surface area contributed by atoms with Crippen LogP contribution in [0.15, 0.2) is 24.3 Å². The number of aliphatic hydroxyl groups is 1. The van der Waals surface area contributed by atoms with Gasteiger partial charge in [0.1, 0.15) is 0 Å². The predicted molar refractivity (Wildman–Crippen MR) is 71.1 cm³/mol. The molecule has 0 bridgehead atoms. The van der Waals surface area contributed by atoms with Crippen LogP contribution in [0.5, 0.6) is 0 Å². The SMILES string of the molecule is OCc1ccc(-n2nc(C(F)(F)F)c3c2CCCC3)cc1. The third-order valence-corrected chi connectivity index (χ3v) is 3.81. The summed E-state index contributed by atoms with van der Waals surface area (Å²) in [4.78, 5) is 0. The number of aliphatic hydroxyl groups excluding tert-OH is 1. The second-order valence-corrected chi connectivity index (χ2v) is 5.22. The van der Waals surface area contributed by atoms with E-state index in [1.807, 2.05) is 0 Å². The highest BCUT2D eigenvalue weighted by molar-refractivity contribution is 5.41. The summed E-state index contributed by atoms with van der Waals surface area (Å²) in [5.74, 6) is 0. The first-order chi connectivity index (χ1) is 10.0. The molecular weight excluding hydrogens is 281 g/mol. The fourth-order valence-corrected chi connectivity index (χ4v) is 2.78. The van der Waals surface area contributed by atoms with E-state index in [0.29, 0.717) is 29.8 Å². The van der Waals surface area contributed by atoms with Crippen LogP contribution in [0.1, 0.15) is 35.4 Å². The average Bonchev–Trinajstić information content (AvgIpc) is 2.87. The number of benzene rings is 1. The van der Waals surface area contributed by atoms with Crippen molar-refractivity contribution in [3.8, 4) is 5.69 Å². The molecule has 112 valence electrons. The first-order valence-electron chi connectivity index (χ1n) is 6.89. The Hall–Kier alpha value is -1.82. The summed E-state index contributed by atoms with van der Waals surface area (Å²) < 4.78 is 40.7. The molecule has 0 unspecified atom stereocenters. The Kier molecular flexibility index (Phi) is 3.49. The summed E-state index contributed by atoms with van der Waals surface area (Å²) in [7, 11) is 0. The first kappa shape index (κ1) is 14.1. The fourth-order valence-electron chi connectivity index (χ4n) is 2.78. The minimum atomic E-state index is -4.42. The standard InChI is InChI=1S/C15H15F3N2O/c16-15(17,18)14-12-3-1-2-4-13(12)20(19-14)11-7-5-10(9-21)6-8-11/h5-8,21H,1-4,9H2. The van der Waals surface area contributed by atoms with E-state index in [9.17, 15) is 13.2 Å². The fraction of sp³-hybridized carbons (Fsp3) is 0.400. The van der Waals surface area contributed by atoms with Gasteiger partial charge < -0.3 is 5.11 Å². The van der Waals surface area contributed by atoms with Gasteiger partial charge in [-0.05, 0) is 43.4 Å². The van der Waals surface area contributed by atoms with Crippen molar-refractivity contribution in [2.75, 3.05) is 0 Å². The van der Waals surface area contributed by atoms with E-state index in [1.165, 1.54) is 4.68 Å². The zero-order chi connectivity index (χ0) is 15.0. The van der Waals surface area contributed by atoms with Crippen molar-refractivity contribution in [3.63, 3.8) is 0 Å². The van der Waals surface area contributed by atoms with E-state index >= 15 is 0 Å². The number of alkyl halides is 3. The Morgan fingerprint density at radius 2 is 1.76 bits per heavy atom. The van der Waals surface area contributed by atoms with Crippen molar-refractivity contribution < 1.29 is 18.3 Å². The van der Waals surface area contributed by atoms with Crippen LogP contribution < -0.4 is 0 Å². The number of hydrogen-bond acceptors (Lipinski definition) is 2. The highest BCUT2D eigenvalue weighted by Gasteiger charge is 2.39. The van der Waals surface area contributed by atoms with Crippen molar-refractivity contribution >= 4 is 0 Å². The number of hydrogen-bond donors (Lipinski definition) is 1. The molecule has 2 aromatic rings. The smallest absolute Gasteiger partial charge is 0.392 e. The molecule has 1 aromatic carbocycles. The molecule has 1 aromatic heterocycles. The first-order valence-corrected chi connectivity index (χ1v) is 6.89. The minimum absolute atomic E-state index is 0.0920. The average molecular weight is 296 g/mol. The Morgan fingerprint density at radius 3 is 2.38 bits per heavy atom. The van der Waals surface area contributed by atoms with Crippen LogP contribution >= 0.6 is 0 Å². The Labute approximate surface area is 120 Å². The molecule has 1 N–H and O–H groups in total. The molecule has 0 saturated carbocycles. The van der Waals surface area contributed by atoms with Gasteiger partial charge >= 0.3 is 6.18 Å². The highest BCUT2D eigenvalue weighted by atomic mass is 19.4. The van der Waals surface area contributed by atoms with Crippen LogP contribution in [0.25, 0.3) is 5.69 Å². The molecule has 0 atom stereocenters. The molecule has 6 heteroatoms. The van der Waals surface area contributed by atoms with Gasteiger partial charge in [0, 0.05) is 11.3 Å². The molecular formula is C15H15F3N2O. The van der Waals surface area contributed by atoms with Gasteiger partial charge in [0.25, 0.3) is 0 Å². The lowest BCUT2D eigenvalue weighted by Crippen LogP contribution is -2.11. The molecule has 0 aliphatic heterocycles. The normalized spacial score (nSPS) is 15.0. The molecule has 0 amide bonds. The van der Waals surface area contributed by atoms with E-state index in [-0.39, 0.29) is 6.61 Å². The zero-order valence-electron chi connectivity index (χ0n) is 11.3. The molecule has 1 heterocycles. The van der Waals surface area contributed by atoms with Crippen LogP contribution in [-0.4, -0.2) is 14.9 Å². The number of fused-ring (bicyclic) bond motifs is 1. The molecule has 0 radical (unpaired) electrons. The second kappa shape index (κ2) is 5.18. The van der Waals surface area contributed by atoms with Gasteiger partial charge in [-0.2, -0.15) is 18.3 Å². The number of aromatic nitrogens is 2. The highest BCUT2D eigenvalue weighted by Crippen LogP contribution is 2.36. The van der Waals surface area contributed by atoms with Crippen LogP contribution in [0.4, 0.5) is 13.2 Å². The third kappa shape index (κ3) is 2.55. The van der Waals surface area contributed by atoms with Crippen LogP contribution in [0.3, 0.4) is 0 Å². The Balaban J connectivity index is 2.11. The van der Waals surface area contributed by atoms with Crippen LogP contribution in [0, 0.1) is 0 Å². The van der Waals surface area contributed by atoms with Gasteiger partial charge in [-0.1, -0.05) is 12.1 Å². The van der Waals surface area contributed by atoms with Crippen molar-refractivity contribution in [1.82, 2.24) is 9.78 Å². The van der Waals surface area contributed by atoms with Gasteiger partial charge in [0.2, 0.25) is 0 Å². The molecule has 1 aliphatic rings. The number of halogens is 3. The summed E-state index contributed by atoms with van der Waals surface area (Å²) in [6, 6.07) is 6.76. The van der Waals surface area contributed by atoms with E-state index in [2.05, 4.69) is 5.10 Å². The lowest BCUT2D eigenvalue weighted by atomic mass is 9.95. The van der Waals surface area contributed by atoms with Crippen molar-refractivity contribution in [2.24, 2.45) is 0 Å². The summed E-state index contributed by atoms with van der Waals surface area (Å²) in [6.45, 7) is -0.0920. The maximum atomic E-state index is 13.1. The van der Waals surface area contributed by atoms with E-state index < -0.39 is 11.9 Å². The molecule has 0 fully saturated rings. The van der Waals surface area contributed by atoms with Crippen LogP contribution in [0.2, 0.25) is 0 Å². The van der Waals surface area contributed by atoms with Crippen molar-refractivity contribution in [3.05, 3.63) is 46.8 Å². The molecule has 0 spiro atoms. The van der Waals surface area contributed by atoms with Gasteiger partial charge in [0.15, 0.2) is 5.69 Å². The molecule has 3 rings (SSSR count). The lowest BCUT2D eigenvalue weighted by molar-refractivity contribution is -0.142. The number of nitrogens with zero attached hydrogens (tertiary/aromatic N) is 2. The summed E-state index contributed by atoms with van der Waals surface area (Å²) >= 11 is 0. The van der Waals surface area contributed by atoms with Gasteiger partial charge in [-0.25, -0.2) is 4.68 Å². The predicted octanol–water partition coefficient (Wildman–Crippen LogP) is 3.26. The summed E-state index contributed by atoms with van der Waals surface area (Å²) in [5, 5.41) is 12.8. The third-order valence-electron chi connectivity index (χ3n) is 3.81. The van der Waals surface area contributed by atoms with E-state index in [0.717, 1.165) is 18.4 Å². The Morgan fingerprint density at radius 1 is 1.10 bits per heavy atom. The van der Waals surface area contributed by atoms with Crippen molar-refractivity contribution in [2.45, 2.75) is 38.5 Å². The topological polar surface area (TPSA) is 38.0 Å². The zero-order valence-corrected chi connectivity index (χ0v) is 11.3. The summed E-state index contributed by atoms with van der Waals surface area (Å²) in [5.41, 5.74) is 1.55. The van der Waals surface area contributed by atoms with Crippen molar-refractivity contribution in [1.29, 1.82) is 0 Å². The second-order valence-electron chi connectivity index (χ2n) is 5.22. The minimum Gasteiger partial charge on any atom is -0.392 e. The Bertz CT molecular complexity index is 644. The van der Waals surface area contributed by atoms with Crippen LogP contribution in [-0.2, 0) is 25.6 Å². The molecule has 0 saturated heterocycles. The van der Waals surface area contributed by atoms with E-state index in [1.54, 1.807) is 24.3 Å². The van der Waals surface area contributed by atoms with Gasteiger partial charge in [0.05, 0.1) is 12.3 Å². The quantitative estimate of drug-likeness (QED) is 0.923. The van der Waals surface area contributed by atoms with E-state index in [4.69, 9.17) is 5.11 Å². The number of rotatable bonds is 2. The maximum absolute atomic E-state index is 13.1. The summed E-state index contributed by atoms with van der Waals surface area (Å²) in [6.07, 6.45) is -1.73. The van der Waals surface area contributed by atoms with Gasteiger partial charge in [-0.3, -0.25) is 0 Å². The molecule has 21 heavy (non-hydrogen) atoms. The largest absolute Gasteiger partial charge is 0.435 e.